The minimum Gasteiger partial charge on any atom is -0.329 e. The van der Waals surface area contributed by atoms with E-state index in [1.54, 1.807) is 0 Å². The largest absolute Gasteiger partial charge is 0.329 e. The fraction of sp³-hybridized carbons (Fsp3) is 0.647. The van der Waals surface area contributed by atoms with E-state index in [4.69, 9.17) is 4.99 Å². The molecule has 0 amide bonds. The number of aromatic nitrogens is 1. The Morgan fingerprint density at radius 2 is 2.05 bits per heavy atom. The Morgan fingerprint density at radius 3 is 2.67 bits per heavy atom. The third-order valence-corrected chi connectivity index (χ3v) is 5.97. The fourth-order valence-electron chi connectivity index (χ4n) is 5.03. The molecule has 0 radical (unpaired) electrons. The first-order valence-corrected chi connectivity index (χ1v) is 8.40. The summed E-state index contributed by atoms with van der Waals surface area (Å²) in [5, 5.41) is 0. The monoisotopic (exact) mass is 286 g/mol. The molecule has 4 aliphatic rings. The van der Waals surface area contributed by atoms with Crippen LogP contribution in [0.1, 0.15) is 19.0 Å². The zero-order valence-corrected chi connectivity index (χ0v) is 12.9. The average Bonchev–Trinajstić information content (AvgIpc) is 2.76. The zero-order valence-electron chi connectivity index (χ0n) is 12.9. The minimum absolute atomic E-state index is 0.424. The van der Waals surface area contributed by atoms with Gasteiger partial charge in [-0.25, -0.2) is 0 Å². The normalized spacial score (nSPS) is 41.6. The molecule has 3 atom stereocenters. The number of piperidine rings is 2. The molecule has 4 fully saturated rings. The summed E-state index contributed by atoms with van der Waals surface area (Å²) in [5.74, 6) is 0.764. The van der Waals surface area contributed by atoms with Crippen molar-refractivity contribution in [2.45, 2.75) is 19.4 Å². The van der Waals surface area contributed by atoms with Crippen molar-refractivity contribution in [3.05, 3.63) is 30.1 Å². The van der Waals surface area contributed by atoms with Gasteiger partial charge in [-0.1, -0.05) is 13.0 Å². The van der Waals surface area contributed by atoms with Gasteiger partial charge in [0.1, 0.15) is 13.1 Å². The van der Waals surface area contributed by atoms with Gasteiger partial charge in [-0.3, -0.25) is 9.98 Å². The molecule has 2 N–H and O–H groups in total. The lowest BCUT2D eigenvalue weighted by Gasteiger charge is -2.49. The number of aliphatic imine (C=N–C) groups is 1. The summed E-state index contributed by atoms with van der Waals surface area (Å²) in [6.07, 6.45) is 5.14. The number of hydrogen-bond acceptors (Lipinski definition) is 2. The van der Waals surface area contributed by atoms with Crippen LogP contribution in [-0.2, 0) is 0 Å². The van der Waals surface area contributed by atoms with Crippen LogP contribution in [-0.4, -0.2) is 56.5 Å². The predicted molar refractivity (Wildman–Crippen MR) is 83.0 cm³/mol. The van der Waals surface area contributed by atoms with Gasteiger partial charge >= 0.3 is 0 Å². The lowest BCUT2D eigenvalue weighted by atomic mass is 9.67. The number of quaternary nitrogens is 2. The molecule has 4 aliphatic heterocycles. The highest BCUT2D eigenvalue weighted by molar-refractivity contribution is 5.76. The van der Waals surface area contributed by atoms with Crippen LogP contribution < -0.4 is 9.80 Å². The molecule has 0 spiro atoms. The lowest BCUT2D eigenvalue weighted by molar-refractivity contribution is -0.918. The summed E-state index contributed by atoms with van der Waals surface area (Å²) in [6.45, 7) is 10.4. The molecule has 0 saturated carbocycles. The van der Waals surface area contributed by atoms with Crippen LogP contribution in [0, 0.1) is 11.3 Å². The Kier molecular flexibility index (Phi) is 3.31. The molecule has 0 aliphatic carbocycles. The van der Waals surface area contributed by atoms with Crippen molar-refractivity contribution < 1.29 is 9.80 Å². The molecule has 21 heavy (non-hydrogen) atoms. The van der Waals surface area contributed by atoms with E-state index >= 15 is 0 Å². The number of nitrogens with zero attached hydrogens (tertiary/aromatic N) is 2. The molecule has 1 aromatic heterocycles. The average molecular weight is 286 g/mol. The summed E-state index contributed by atoms with van der Waals surface area (Å²) in [5.41, 5.74) is 1.42. The third kappa shape index (κ3) is 2.30. The highest BCUT2D eigenvalue weighted by Crippen LogP contribution is 2.35. The van der Waals surface area contributed by atoms with Crippen LogP contribution in [0.2, 0.25) is 0 Å². The van der Waals surface area contributed by atoms with Crippen molar-refractivity contribution in [2.24, 2.45) is 16.3 Å². The van der Waals surface area contributed by atoms with E-state index in [2.05, 4.69) is 11.9 Å². The van der Waals surface area contributed by atoms with Gasteiger partial charge in [0, 0.05) is 12.4 Å². The molecule has 1 aromatic rings. The Morgan fingerprint density at radius 1 is 1.29 bits per heavy atom. The molecule has 112 valence electrons. The SMILES string of the molecule is CCC12C[NH+]3CC[NH+](CC(C3)[C@@H]1N=Cc1ccccn1)C2. The lowest BCUT2D eigenvalue weighted by Crippen LogP contribution is -3.17. The fourth-order valence-corrected chi connectivity index (χ4v) is 5.03. The van der Waals surface area contributed by atoms with Gasteiger partial charge in [0.25, 0.3) is 0 Å². The Bertz CT molecular complexity index is 511. The van der Waals surface area contributed by atoms with Crippen LogP contribution in [0.5, 0.6) is 0 Å². The highest BCUT2D eigenvalue weighted by Gasteiger charge is 2.58. The second-order valence-corrected chi connectivity index (χ2v) is 7.22. The van der Waals surface area contributed by atoms with E-state index in [0.29, 0.717) is 11.5 Å². The van der Waals surface area contributed by atoms with E-state index < -0.39 is 0 Å². The Hall–Kier alpha value is -1.26. The van der Waals surface area contributed by atoms with E-state index in [9.17, 15) is 0 Å². The maximum atomic E-state index is 5.06. The number of rotatable bonds is 3. The van der Waals surface area contributed by atoms with Crippen LogP contribution in [0.15, 0.2) is 29.4 Å². The van der Waals surface area contributed by atoms with Crippen molar-refractivity contribution in [1.82, 2.24) is 4.98 Å². The van der Waals surface area contributed by atoms with Gasteiger partial charge in [0.15, 0.2) is 0 Å². The van der Waals surface area contributed by atoms with E-state index in [1.165, 1.54) is 45.7 Å². The maximum absolute atomic E-state index is 5.06. The summed E-state index contributed by atoms with van der Waals surface area (Å²) in [7, 11) is 0. The zero-order chi connectivity index (χ0) is 14.3. The van der Waals surface area contributed by atoms with Gasteiger partial charge < -0.3 is 9.80 Å². The van der Waals surface area contributed by atoms with Gasteiger partial charge in [-0.05, 0) is 18.6 Å². The summed E-state index contributed by atoms with van der Waals surface area (Å²) < 4.78 is 0. The molecule has 2 unspecified atom stereocenters. The molecular weight excluding hydrogens is 260 g/mol. The Balaban J connectivity index is 1.63. The summed E-state index contributed by atoms with van der Waals surface area (Å²) in [4.78, 5) is 13.1. The van der Waals surface area contributed by atoms with Gasteiger partial charge in [0.2, 0.25) is 0 Å². The van der Waals surface area contributed by atoms with Gasteiger partial charge in [0.05, 0.1) is 49.2 Å². The number of nitrogens with one attached hydrogen (secondary N) is 2. The van der Waals surface area contributed by atoms with Gasteiger partial charge in [-0.15, -0.1) is 0 Å². The first-order chi connectivity index (χ1) is 10.3. The van der Waals surface area contributed by atoms with Crippen molar-refractivity contribution >= 4 is 6.21 Å². The highest BCUT2D eigenvalue weighted by atomic mass is 15.3. The molecular formula is C17H26N4+2. The molecule has 5 heterocycles. The van der Waals surface area contributed by atoms with E-state index in [0.717, 1.165) is 11.6 Å². The predicted octanol–water partition coefficient (Wildman–Crippen LogP) is -1.31. The first-order valence-electron chi connectivity index (χ1n) is 8.40. The second-order valence-electron chi connectivity index (χ2n) is 7.22. The van der Waals surface area contributed by atoms with Crippen molar-refractivity contribution in [3.8, 4) is 0 Å². The van der Waals surface area contributed by atoms with Crippen LogP contribution in [0.4, 0.5) is 0 Å². The van der Waals surface area contributed by atoms with Crippen LogP contribution in [0.3, 0.4) is 0 Å². The molecule has 4 nitrogen and oxygen atoms in total. The maximum Gasteiger partial charge on any atom is 0.127 e. The quantitative estimate of drug-likeness (QED) is 0.665. The van der Waals surface area contributed by atoms with E-state index in [-0.39, 0.29) is 0 Å². The van der Waals surface area contributed by atoms with Crippen molar-refractivity contribution in [1.29, 1.82) is 0 Å². The number of pyridine rings is 1. The first kappa shape index (κ1) is 13.4. The van der Waals surface area contributed by atoms with Crippen molar-refractivity contribution in [2.75, 3.05) is 39.3 Å². The third-order valence-electron chi connectivity index (χ3n) is 5.97. The molecule has 0 aromatic carbocycles. The second kappa shape index (κ2) is 5.18. The number of fused-ring (bicyclic) bond motifs is 1. The summed E-state index contributed by atoms with van der Waals surface area (Å²) in [6, 6.07) is 6.56. The van der Waals surface area contributed by atoms with Gasteiger partial charge in [-0.2, -0.15) is 0 Å². The van der Waals surface area contributed by atoms with Crippen molar-refractivity contribution in [3.63, 3.8) is 0 Å². The smallest absolute Gasteiger partial charge is 0.127 e. The topological polar surface area (TPSA) is 34.1 Å². The summed E-state index contributed by atoms with van der Waals surface area (Å²) >= 11 is 0. The van der Waals surface area contributed by atoms with E-state index in [1.807, 2.05) is 40.4 Å². The van der Waals surface area contributed by atoms with Crippen LogP contribution in [0.25, 0.3) is 0 Å². The molecule has 4 bridgehead atoms. The standard InChI is InChI=1S/C17H24N4/c1-2-17-12-20-7-8-21(13-17)11-14(10-20)16(17)19-9-15-5-3-4-6-18-15/h3-6,9,14,16H,2,7-8,10-13H2,1H3/p+2/t14?,16-,17?/m0/s1. The minimum atomic E-state index is 0.424. The molecule has 4 heteroatoms. The Labute approximate surface area is 126 Å². The van der Waals surface area contributed by atoms with Crippen LogP contribution >= 0.6 is 0 Å². The molecule has 4 saturated heterocycles. The molecule has 5 rings (SSSR count). The number of hydrogen-bond donors (Lipinski definition) is 2.